The largest absolute Gasteiger partial charge is 0.497 e. The van der Waals surface area contributed by atoms with Crippen molar-refractivity contribution in [2.24, 2.45) is 11.8 Å². The van der Waals surface area contributed by atoms with Crippen LogP contribution in [-0.2, 0) is 6.42 Å². The van der Waals surface area contributed by atoms with Crippen molar-refractivity contribution in [3.05, 3.63) is 29.8 Å². The maximum absolute atomic E-state index is 5.23. The Balaban J connectivity index is 1.83. The lowest BCUT2D eigenvalue weighted by molar-refractivity contribution is 0.214. The number of hydrogen-bond donors (Lipinski definition) is 1. The molecule has 1 aliphatic rings. The van der Waals surface area contributed by atoms with Gasteiger partial charge in [-0.25, -0.2) is 0 Å². The topological polar surface area (TPSA) is 21.3 Å². The molecule has 1 aromatic carbocycles. The highest BCUT2D eigenvalue weighted by Crippen LogP contribution is 2.33. The van der Waals surface area contributed by atoms with Crippen LogP contribution >= 0.6 is 0 Å². The Hall–Kier alpha value is -1.02. The highest BCUT2D eigenvalue weighted by atomic mass is 16.5. The molecule has 21 heavy (non-hydrogen) atoms. The molecule has 2 rings (SSSR count). The highest BCUT2D eigenvalue weighted by Gasteiger charge is 2.24. The third-order valence-electron chi connectivity index (χ3n) is 4.82. The van der Waals surface area contributed by atoms with Crippen LogP contribution in [0, 0.1) is 11.8 Å². The first kappa shape index (κ1) is 16.4. The molecule has 2 heteroatoms. The quantitative estimate of drug-likeness (QED) is 0.801. The molecule has 0 spiro atoms. The molecule has 1 aliphatic carbocycles. The summed E-state index contributed by atoms with van der Waals surface area (Å²) in [5, 5.41) is 3.64. The van der Waals surface area contributed by atoms with E-state index in [1.165, 1.54) is 50.6 Å². The minimum Gasteiger partial charge on any atom is -0.497 e. The van der Waals surface area contributed by atoms with Gasteiger partial charge in [-0.2, -0.15) is 0 Å². The molecule has 118 valence electrons. The van der Waals surface area contributed by atoms with Gasteiger partial charge in [0.1, 0.15) is 5.75 Å². The fraction of sp³-hybridized carbons (Fsp3) is 0.684. The van der Waals surface area contributed by atoms with Crippen LogP contribution in [0.1, 0.15) is 51.5 Å². The fourth-order valence-corrected chi connectivity index (χ4v) is 3.46. The van der Waals surface area contributed by atoms with Gasteiger partial charge in [-0.3, -0.25) is 0 Å². The van der Waals surface area contributed by atoms with Crippen LogP contribution in [0.25, 0.3) is 0 Å². The molecule has 0 aliphatic heterocycles. The normalized spacial score (nSPS) is 22.5. The molecular weight excluding hydrogens is 258 g/mol. The zero-order chi connectivity index (χ0) is 15.1. The van der Waals surface area contributed by atoms with E-state index in [-0.39, 0.29) is 0 Å². The zero-order valence-electron chi connectivity index (χ0n) is 13.9. The molecule has 0 bridgehead atoms. The second-order valence-electron chi connectivity index (χ2n) is 6.75. The van der Waals surface area contributed by atoms with E-state index < -0.39 is 0 Å². The van der Waals surface area contributed by atoms with Gasteiger partial charge < -0.3 is 10.1 Å². The predicted octanol–water partition coefficient (Wildman–Crippen LogP) is 4.43. The average Bonchev–Trinajstić information content (AvgIpc) is 2.52. The van der Waals surface area contributed by atoms with E-state index in [0.717, 1.165) is 17.6 Å². The predicted molar refractivity (Wildman–Crippen MR) is 89.9 cm³/mol. The maximum atomic E-state index is 5.23. The summed E-state index contributed by atoms with van der Waals surface area (Å²) in [5.74, 6) is 2.72. The van der Waals surface area contributed by atoms with Crippen molar-refractivity contribution in [2.75, 3.05) is 13.7 Å². The summed E-state index contributed by atoms with van der Waals surface area (Å²) in [6, 6.07) is 9.18. The van der Waals surface area contributed by atoms with Crippen molar-refractivity contribution in [1.82, 2.24) is 5.32 Å². The Morgan fingerprint density at radius 3 is 2.38 bits per heavy atom. The van der Waals surface area contributed by atoms with E-state index >= 15 is 0 Å². The minimum absolute atomic E-state index is 0.606. The van der Waals surface area contributed by atoms with Gasteiger partial charge in [0.15, 0.2) is 0 Å². The minimum atomic E-state index is 0.606. The summed E-state index contributed by atoms with van der Waals surface area (Å²) in [6.45, 7) is 5.69. The summed E-state index contributed by atoms with van der Waals surface area (Å²) in [6.07, 6.45) is 8.20. The van der Waals surface area contributed by atoms with Crippen LogP contribution in [0.15, 0.2) is 24.3 Å². The van der Waals surface area contributed by atoms with Gasteiger partial charge in [0.25, 0.3) is 0 Å². The molecule has 0 heterocycles. The first-order chi connectivity index (χ1) is 10.2. The molecule has 2 nitrogen and oxygen atoms in total. The average molecular weight is 289 g/mol. The Morgan fingerprint density at radius 1 is 1.10 bits per heavy atom. The summed E-state index contributed by atoms with van der Waals surface area (Å²) >= 11 is 0. The number of methoxy groups -OCH3 is 1. The first-order valence-electron chi connectivity index (χ1n) is 8.55. The number of rotatable bonds is 7. The monoisotopic (exact) mass is 289 g/mol. The van der Waals surface area contributed by atoms with Crippen LogP contribution in [0.2, 0.25) is 0 Å². The van der Waals surface area contributed by atoms with Crippen molar-refractivity contribution in [3.8, 4) is 5.75 Å². The van der Waals surface area contributed by atoms with E-state index in [2.05, 4.69) is 43.4 Å². The molecule has 0 amide bonds. The van der Waals surface area contributed by atoms with Crippen LogP contribution < -0.4 is 10.1 Å². The molecule has 0 saturated heterocycles. The van der Waals surface area contributed by atoms with E-state index in [4.69, 9.17) is 4.74 Å². The highest BCUT2D eigenvalue weighted by molar-refractivity contribution is 5.27. The lowest BCUT2D eigenvalue weighted by atomic mass is 9.76. The molecule has 1 aromatic rings. The van der Waals surface area contributed by atoms with E-state index in [1.54, 1.807) is 7.11 Å². The maximum Gasteiger partial charge on any atom is 0.118 e. The zero-order valence-corrected chi connectivity index (χ0v) is 13.9. The molecule has 1 N–H and O–H groups in total. The molecule has 2 unspecified atom stereocenters. The van der Waals surface area contributed by atoms with E-state index in [1.807, 2.05) is 0 Å². The second-order valence-corrected chi connectivity index (χ2v) is 6.75. The van der Waals surface area contributed by atoms with Gasteiger partial charge in [0, 0.05) is 6.04 Å². The Bertz CT molecular complexity index is 399. The molecule has 2 atom stereocenters. The Morgan fingerprint density at radius 2 is 1.76 bits per heavy atom. The fourth-order valence-electron chi connectivity index (χ4n) is 3.46. The summed E-state index contributed by atoms with van der Waals surface area (Å²) in [7, 11) is 1.73. The number of nitrogens with one attached hydrogen (secondary N) is 1. The van der Waals surface area contributed by atoms with Gasteiger partial charge in [-0.05, 0) is 55.3 Å². The van der Waals surface area contributed by atoms with E-state index in [9.17, 15) is 0 Å². The van der Waals surface area contributed by atoms with Crippen molar-refractivity contribution < 1.29 is 4.74 Å². The number of hydrogen-bond acceptors (Lipinski definition) is 2. The summed E-state index contributed by atoms with van der Waals surface area (Å²) < 4.78 is 5.23. The summed E-state index contributed by atoms with van der Waals surface area (Å²) in [5.41, 5.74) is 1.44. The third-order valence-corrected chi connectivity index (χ3v) is 4.82. The SMILES string of the molecule is COc1ccc(CCC2CCCCC2CNC(C)C)cc1. The third kappa shape index (κ3) is 5.35. The Labute approximate surface area is 130 Å². The van der Waals surface area contributed by atoms with Crippen molar-refractivity contribution >= 4 is 0 Å². The van der Waals surface area contributed by atoms with Crippen LogP contribution in [0.4, 0.5) is 0 Å². The van der Waals surface area contributed by atoms with Gasteiger partial charge in [-0.15, -0.1) is 0 Å². The van der Waals surface area contributed by atoms with Crippen molar-refractivity contribution in [3.63, 3.8) is 0 Å². The van der Waals surface area contributed by atoms with E-state index in [0.29, 0.717) is 6.04 Å². The van der Waals surface area contributed by atoms with Gasteiger partial charge in [-0.1, -0.05) is 45.2 Å². The lowest BCUT2D eigenvalue weighted by Crippen LogP contribution is -2.34. The summed E-state index contributed by atoms with van der Waals surface area (Å²) in [4.78, 5) is 0. The molecule has 0 aromatic heterocycles. The number of ether oxygens (including phenoxy) is 1. The number of benzene rings is 1. The van der Waals surface area contributed by atoms with Crippen molar-refractivity contribution in [1.29, 1.82) is 0 Å². The smallest absolute Gasteiger partial charge is 0.118 e. The second kappa shape index (κ2) is 8.43. The van der Waals surface area contributed by atoms with Gasteiger partial charge in [0.05, 0.1) is 7.11 Å². The first-order valence-corrected chi connectivity index (χ1v) is 8.55. The van der Waals surface area contributed by atoms with Crippen molar-refractivity contribution in [2.45, 2.75) is 58.4 Å². The molecule has 1 fully saturated rings. The van der Waals surface area contributed by atoms with Crippen LogP contribution in [0.3, 0.4) is 0 Å². The molecular formula is C19H31NO. The number of aryl methyl sites for hydroxylation is 1. The standard InChI is InChI=1S/C19H31NO/c1-15(2)20-14-18-7-5-4-6-17(18)11-8-16-9-12-19(21-3)13-10-16/h9-10,12-13,15,17-18,20H,4-8,11,14H2,1-3H3. The van der Waals surface area contributed by atoms with Crippen LogP contribution in [-0.4, -0.2) is 19.7 Å². The molecule has 1 saturated carbocycles. The molecule has 0 radical (unpaired) electrons. The van der Waals surface area contributed by atoms with Gasteiger partial charge in [0.2, 0.25) is 0 Å². The van der Waals surface area contributed by atoms with Gasteiger partial charge >= 0.3 is 0 Å². The Kier molecular flexibility index (Phi) is 6.56. The lowest BCUT2D eigenvalue weighted by Gasteiger charge is -2.32. The van der Waals surface area contributed by atoms with Crippen LogP contribution in [0.5, 0.6) is 5.75 Å².